The predicted octanol–water partition coefficient (Wildman–Crippen LogP) is 3.66. The molecule has 0 radical (unpaired) electrons. The molecule has 1 saturated carbocycles. The zero-order valence-electron chi connectivity index (χ0n) is 8.74. The van der Waals surface area contributed by atoms with Gasteiger partial charge in [0.2, 0.25) is 0 Å². The largest absolute Gasteiger partial charge is 0.385 e. The molecule has 1 N–H and O–H groups in total. The molecule has 0 saturated heterocycles. The van der Waals surface area contributed by atoms with Gasteiger partial charge in [0.05, 0.1) is 0 Å². The van der Waals surface area contributed by atoms with E-state index < -0.39 is 0 Å². The van der Waals surface area contributed by atoms with Crippen LogP contribution in [0.2, 0.25) is 0 Å². The van der Waals surface area contributed by atoms with Gasteiger partial charge in [-0.05, 0) is 41.7 Å². The Bertz CT molecular complexity index is 471. The molecule has 0 atom stereocenters. The van der Waals surface area contributed by atoms with Crippen molar-refractivity contribution >= 4 is 16.5 Å². The number of fused-ring (bicyclic) bond motifs is 1. The van der Waals surface area contributed by atoms with E-state index in [0.717, 1.165) is 12.5 Å². The van der Waals surface area contributed by atoms with E-state index in [4.69, 9.17) is 0 Å². The standard InChI is InChI=1S/C14H15N/c1-2-4-13-9-14(8-7-12(13)3-1)15-10-11-5-6-11/h1-4,7-9,11,15H,5-6,10H2. The van der Waals surface area contributed by atoms with Crippen molar-refractivity contribution in [1.82, 2.24) is 0 Å². The molecular formula is C14H15N. The van der Waals surface area contributed by atoms with Crippen LogP contribution in [0.1, 0.15) is 12.8 Å². The predicted molar refractivity (Wildman–Crippen MR) is 65.2 cm³/mol. The van der Waals surface area contributed by atoms with Gasteiger partial charge in [-0.2, -0.15) is 0 Å². The summed E-state index contributed by atoms with van der Waals surface area (Å²) in [6, 6.07) is 15.1. The van der Waals surface area contributed by atoms with Crippen LogP contribution in [0.15, 0.2) is 42.5 Å². The SMILES string of the molecule is c1ccc2cc(NCC3CC3)ccc2c1. The maximum absolute atomic E-state index is 3.50. The number of anilines is 1. The average molecular weight is 197 g/mol. The van der Waals surface area contributed by atoms with Crippen LogP contribution in [0, 0.1) is 5.92 Å². The Morgan fingerprint density at radius 2 is 1.80 bits per heavy atom. The van der Waals surface area contributed by atoms with Crippen LogP contribution in [0.4, 0.5) is 5.69 Å². The van der Waals surface area contributed by atoms with Gasteiger partial charge in [-0.3, -0.25) is 0 Å². The van der Waals surface area contributed by atoms with E-state index in [-0.39, 0.29) is 0 Å². The Morgan fingerprint density at radius 3 is 2.60 bits per heavy atom. The van der Waals surface area contributed by atoms with Crippen LogP contribution in [0.25, 0.3) is 10.8 Å². The molecule has 0 unspecified atom stereocenters. The highest BCUT2D eigenvalue weighted by molar-refractivity contribution is 5.85. The third-order valence-electron chi connectivity index (χ3n) is 3.04. The Morgan fingerprint density at radius 1 is 1.00 bits per heavy atom. The van der Waals surface area contributed by atoms with Crippen molar-refractivity contribution < 1.29 is 0 Å². The van der Waals surface area contributed by atoms with E-state index in [1.807, 2.05) is 0 Å². The fourth-order valence-corrected chi connectivity index (χ4v) is 1.88. The summed E-state index contributed by atoms with van der Waals surface area (Å²) in [6.45, 7) is 1.14. The maximum Gasteiger partial charge on any atom is 0.0346 e. The smallest absolute Gasteiger partial charge is 0.0346 e. The van der Waals surface area contributed by atoms with Gasteiger partial charge in [-0.15, -0.1) is 0 Å². The summed E-state index contributed by atoms with van der Waals surface area (Å²) in [4.78, 5) is 0. The lowest BCUT2D eigenvalue weighted by atomic mass is 10.1. The van der Waals surface area contributed by atoms with Crippen molar-refractivity contribution in [2.24, 2.45) is 5.92 Å². The lowest BCUT2D eigenvalue weighted by molar-refractivity contribution is 0.889. The molecule has 1 aliphatic rings. The minimum Gasteiger partial charge on any atom is -0.385 e. The molecule has 3 rings (SSSR count). The van der Waals surface area contributed by atoms with Crippen LogP contribution >= 0.6 is 0 Å². The van der Waals surface area contributed by atoms with Crippen LogP contribution in [-0.4, -0.2) is 6.54 Å². The zero-order valence-corrected chi connectivity index (χ0v) is 8.74. The minimum absolute atomic E-state index is 0.927. The molecule has 0 heterocycles. The molecule has 0 aliphatic heterocycles. The molecule has 1 nitrogen and oxygen atoms in total. The highest BCUT2D eigenvalue weighted by atomic mass is 14.9. The summed E-state index contributed by atoms with van der Waals surface area (Å²) in [7, 11) is 0. The van der Waals surface area contributed by atoms with Crippen molar-refractivity contribution in [2.75, 3.05) is 11.9 Å². The first-order chi connectivity index (χ1) is 7.42. The molecule has 15 heavy (non-hydrogen) atoms. The molecule has 2 aromatic rings. The van der Waals surface area contributed by atoms with Gasteiger partial charge in [0.1, 0.15) is 0 Å². The first kappa shape index (κ1) is 8.78. The molecule has 0 spiro atoms. The van der Waals surface area contributed by atoms with Crippen molar-refractivity contribution in [3.63, 3.8) is 0 Å². The first-order valence-corrected chi connectivity index (χ1v) is 5.64. The maximum atomic E-state index is 3.50. The summed E-state index contributed by atoms with van der Waals surface area (Å²) < 4.78 is 0. The van der Waals surface area contributed by atoms with Gasteiger partial charge in [0.25, 0.3) is 0 Å². The molecule has 1 fully saturated rings. The number of benzene rings is 2. The van der Waals surface area contributed by atoms with Crippen LogP contribution in [0.5, 0.6) is 0 Å². The monoisotopic (exact) mass is 197 g/mol. The fourth-order valence-electron chi connectivity index (χ4n) is 1.88. The highest BCUT2D eigenvalue weighted by Crippen LogP contribution is 2.29. The number of hydrogen-bond acceptors (Lipinski definition) is 1. The van der Waals surface area contributed by atoms with Crippen LogP contribution in [0.3, 0.4) is 0 Å². The lowest BCUT2D eigenvalue weighted by Crippen LogP contribution is -2.02. The molecule has 2 aromatic carbocycles. The molecule has 76 valence electrons. The second kappa shape index (κ2) is 3.58. The van der Waals surface area contributed by atoms with Crippen molar-refractivity contribution in [3.8, 4) is 0 Å². The summed E-state index contributed by atoms with van der Waals surface area (Å²) in [6.07, 6.45) is 2.81. The van der Waals surface area contributed by atoms with E-state index in [2.05, 4.69) is 47.8 Å². The summed E-state index contributed by atoms with van der Waals surface area (Å²) in [5.41, 5.74) is 1.25. The molecule has 0 bridgehead atoms. The molecular weight excluding hydrogens is 182 g/mol. The molecule has 0 aromatic heterocycles. The van der Waals surface area contributed by atoms with Crippen molar-refractivity contribution in [3.05, 3.63) is 42.5 Å². The number of rotatable bonds is 3. The normalized spacial score (nSPS) is 15.5. The van der Waals surface area contributed by atoms with Gasteiger partial charge in [-0.1, -0.05) is 30.3 Å². The topological polar surface area (TPSA) is 12.0 Å². The van der Waals surface area contributed by atoms with Gasteiger partial charge in [0, 0.05) is 12.2 Å². The van der Waals surface area contributed by atoms with Crippen molar-refractivity contribution in [1.29, 1.82) is 0 Å². The molecule has 1 heteroatoms. The summed E-state index contributed by atoms with van der Waals surface area (Å²) >= 11 is 0. The van der Waals surface area contributed by atoms with Gasteiger partial charge in [0.15, 0.2) is 0 Å². The second-order valence-corrected chi connectivity index (χ2v) is 4.39. The highest BCUT2D eigenvalue weighted by Gasteiger charge is 2.20. The second-order valence-electron chi connectivity index (χ2n) is 4.39. The zero-order chi connectivity index (χ0) is 10.1. The fraction of sp³-hybridized carbons (Fsp3) is 0.286. The van der Waals surface area contributed by atoms with E-state index >= 15 is 0 Å². The van der Waals surface area contributed by atoms with Gasteiger partial charge >= 0.3 is 0 Å². The Balaban J connectivity index is 1.84. The number of hydrogen-bond donors (Lipinski definition) is 1. The van der Waals surface area contributed by atoms with E-state index in [1.165, 1.54) is 29.3 Å². The Hall–Kier alpha value is -1.50. The molecule has 1 aliphatic carbocycles. The van der Waals surface area contributed by atoms with E-state index in [1.54, 1.807) is 0 Å². The number of nitrogens with one attached hydrogen (secondary N) is 1. The summed E-state index contributed by atoms with van der Waals surface area (Å²) in [5, 5.41) is 6.13. The quantitative estimate of drug-likeness (QED) is 0.791. The third kappa shape index (κ3) is 1.96. The van der Waals surface area contributed by atoms with Gasteiger partial charge < -0.3 is 5.32 Å². The van der Waals surface area contributed by atoms with E-state index in [9.17, 15) is 0 Å². The van der Waals surface area contributed by atoms with Crippen LogP contribution in [-0.2, 0) is 0 Å². The first-order valence-electron chi connectivity index (χ1n) is 5.64. The Kier molecular flexibility index (Phi) is 2.09. The molecule has 0 amide bonds. The Labute approximate surface area is 90.1 Å². The lowest BCUT2D eigenvalue weighted by Gasteiger charge is -2.06. The summed E-state index contributed by atoms with van der Waals surface area (Å²) in [5.74, 6) is 0.927. The minimum atomic E-state index is 0.927. The van der Waals surface area contributed by atoms with Gasteiger partial charge in [-0.25, -0.2) is 0 Å². The average Bonchev–Trinajstić information content (AvgIpc) is 3.10. The third-order valence-corrected chi connectivity index (χ3v) is 3.04. The van der Waals surface area contributed by atoms with Crippen molar-refractivity contribution in [2.45, 2.75) is 12.8 Å². The van der Waals surface area contributed by atoms with E-state index in [0.29, 0.717) is 0 Å². The van der Waals surface area contributed by atoms with Crippen LogP contribution < -0.4 is 5.32 Å².